The number of carbonyl (C=O) groups excluding carboxylic acids is 1. The first-order valence-electron chi connectivity index (χ1n) is 11.3. The molecule has 0 saturated carbocycles. The molecule has 0 spiro atoms. The molecule has 1 amide bonds. The Morgan fingerprint density at radius 2 is 2.03 bits per heavy atom. The number of fused-ring (bicyclic) bond motifs is 1. The summed E-state index contributed by atoms with van der Waals surface area (Å²) in [7, 11) is 0. The van der Waals surface area contributed by atoms with Gasteiger partial charge in [-0.2, -0.15) is 5.26 Å². The lowest BCUT2D eigenvalue weighted by Gasteiger charge is -2.22. The second kappa shape index (κ2) is 9.94. The molecule has 9 heteroatoms. The molecule has 0 aliphatic heterocycles. The van der Waals surface area contributed by atoms with Crippen LogP contribution in [0.5, 0.6) is 0 Å². The Bertz CT molecular complexity index is 1460. The lowest BCUT2D eigenvalue weighted by Crippen LogP contribution is -2.36. The van der Waals surface area contributed by atoms with E-state index in [9.17, 15) is 14.9 Å². The molecule has 5 rings (SSSR count). The highest BCUT2D eigenvalue weighted by Crippen LogP contribution is 2.42. The van der Waals surface area contributed by atoms with Crippen molar-refractivity contribution in [3.05, 3.63) is 92.1 Å². The number of nitrogens with one attached hydrogen (secondary N) is 2. The molecule has 2 heterocycles. The first kappa shape index (κ1) is 23.1. The maximum Gasteiger partial charge on any atom is 0.442 e. The number of amides is 1. The van der Waals surface area contributed by atoms with Gasteiger partial charge in [0.2, 0.25) is 11.6 Å². The summed E-state index contributed by atoms with van der Waals surface area (Å²) in [6.45, 7) is 1.98. The standard InChI is InChI=1S/C26H22N4O3S2/c1-16-7-10-19(11-8-16)30-25(26(32)33-29-30)34-15-23(31)28-24-21(14-27)20-12-9-18(13-22(20)35-24)17-5-3-2-4-6-17/h2-8,10-11,18H,9,12-13,15H2,1H3,(H-,28,29,31,32)/p+1. The Kier molecular flexibility index (Phi) is 6.57. The molecule has 35 heavy (non-hydrogen) atoms. The fourth-order valence-corrected chi connectivity index (χ4v) is 6.41. The molecule has 1 atom stereocenters. The molecule has 1 unspecified atom stereocenters. The van der Waals surface area contributed by atoms with Gasteiger partial charge in [-0.05, 0) is 64.9 Å². The van der Waals surface area contributed by atoms with Crippen molar-refractivity contribution in [2.75, 3.05) is 11.1 Å². The van der Waals surface area contributed by atoms with Gasteiger partial charge in [-0.25, -0.2) is 4.79 Å². The van der Waals surface area contributed by atoms with E-state index >= 15 is 0 Å². The van der Waals surface area contributed by atoms with E-state index in [2.05, 4.69) is 40.9 Å². The average Bonchev–Trinajstić information content (AvgIpc) is 3.42. The lowest BCUT2D eigenvalue weighted by atomic mass is 9.83. The summed E-state index contributed by atoms with van der Waals surface area (Å²) < 4.78 is 6.48. The van der Waals surface area contributed by atoms with Crippen molar-refractivity contribution in [2.24, 2.45) is 0 Å². The third-order valence-electron chi connectivity index (χ3n) is 6.14. The van der Waals surface area contributed by atoms with Crippen molar-refractivity contribution in [1.82, 2.24) is 5.27 Å². The van der Waals surface area contributed by atoms with Crippen molar-refractivity contribution >= 4 is 34.0 Å². The minimum absolute atomic E-state index is 0.00848. The quantitative estimate of drug-likeness (QED) is 0.298. The van der Waals surface area contributed by atoms with E-state index < -0.39 is 5.63 Å². The van der Waals surface area contributed by atoms with Gasteiger partial charge in [0, 0.05) is 17.0 Å². The van der Waals surface area contributed by atoms with Crippen molar-refractivity contribution in [1.29, 1.82) is 5.26 Å². The zero-order chi connectivity index (χ0) is 24.4. The first-order valence-corrected chi connectivity index (χ1v) is 13.1. The second-order valence-electron chi connectivity index (χ2n) is 8.46. The maximum absolute atomic E-state index is 12.8. The van der Waals surface area contributed by atoms with E-state index in [0.717, 1.165) is 52.7 Å². The number of nitrogens with zero attached hydrogens (tertiary/aromatic N) is 2. The number of anilines is 1. The normalized spacial score (nSPS) is 14.8. The minimum Gasteiger partial charge on any atom is -0.316 e. The molecule has 0 radical (unpaired) electrons. The van der Waals surface area contributed by atoms with E-state index in [-0.39, 0.29) is 16.7 Å². The number of H-pyrrole nitrogens is 1. The predicted molar refractivity (Wildman–Crippen MR) is 135 cm³/mol. The number of benzene rings is 2. The van der Waals surface area contributed by atoms with Crippen LogP contribution in [0.25, 0.3) is 5.69 Å². The van der Waals surface area contributed by atoms with Crippen LogP contribution in [0.15, 0.2) is 68.9 Å². The highest BCUT2D eigenvalue weighted by molar-refractivity contribution is 7.99. The summed E-state index contributed by atoms with van der Waals surface area (Å²) in [6.07, 6.45) is 2.66. The number of carbonyl (C=O) groups is 1. The van der Waals surface area contributed by atoms with Gasteiger partial charge >= 0.3 is 10.7 Å². The van der Waals surface area contributed by atoms with E-state index in [1.807, 2.05) is 37.3 Å². The molecule has 1 aliphatic carbocycles. The van der Waals surface area contributed by atoms with Crippen LogP contribution >= 0.6 is 23.1 Å². The van der Waals surface area contributed by atoms with Crippen LogP contribution < -0.4 is 15.6 Å². The summed E-state index contributed by atoms with van der Waals surface area (Å²) in [5.74, 6) is 0.146. The number of aromatic amines is 1. The SMILES string of the molecule is Cc1ccc(-[n+]2[nH]oc(=O)c2SCC(=O)Nc2sc3c(c2C#N)CCC(c2ccccc2)C3)cc1. The van der Waals surface area contributed by atoms with Crippen molar-refractivity contribution < 1.29 is 14.0 Å². The minimum atomic E-state index is -0.542. The average molecular weight is 504 g/mol. The molecular weight excluding hydrogens is 480 g/mol. The Morgan fingerprint density at radius 3 is 2.77 bits per heavy atom. The van der Waals surface area contributed by atoms with Gasteiger partial charge in [-0.15, -0.1) is 11.3 Å². The number of nitriles is 1. The second-order valence-corrected chi connectivity index (χ2v) is 10.5. The molecular formula is C26H23N4O3S2+. The topological polar surface area (TPSA) is 103 Å². The van der Waals surface area contributed by atoms with E-state index in [1.54, 1.807) is 0 Å². The Hall–Kier alpha value is -3.61. The van der Waals surface area contributed by atoms with Crippen LogP contribution in [0, 0.1) is 18.3 Å². The van der Waals surface area contributed by atoms with Crippen LogP contribution in [0.2, 0.25) is 0 Å². The van der Waals surface area contributed by atoms with Gasteiger partial charge in [-0.1, -0.05) is 48.0 Å². The number of thioether (sulfide) groups is 1. The molecule has 7 nitrogen and oxygen atoms in total. The van der Waals surface area contributed by atoms with Crippen LogP contribution in [-0.4, -0.2) is 16.9 Å². The van der Waals surface area contributed by atoms with E-state index in [0.29, 0.717) is 16.5 Å². The zero-order valence-corrected chi connectivity index (χ0v) is 20.7. The van der Waals surface area contributed by atoms with E-state index in [1.165, 1.54) is 21.6 Å². The van der Waals surface area contributed by atoms with Crippen LogP contribution in [0.1, 0.15) is 39.5 Å². The lowest BCUT2D eigenvalue weighted by molar-refractivity contribution is -0.704. The van der Waals surface area contributed by atoms with Gasteiger partial charge in [0.1, 0.15) is 11.1 Å². The molecule has 2 aromatic carbocycles. The molecule has 4 aromatic rings. The third-order valence-corrected chi connectivity index (χ3v) is 8.34. The summed E-state index contributed by atoms with van der Waals surface area (Å²) in [5, 5.41) is 16.2. The molecule has 0 bridgehead atoms. The zero-order valence-electron chi connectivity index (χ0n) is 19.0. The van der Waals surface area contributed by atoms with Crippen molar-refractivity contribution in [2.45, 2.75) is 37.1 Å². The predicted octanol–water partition coefficient (Wildman–Crippen LogP) is 4.49. The summed E-state index contributed by atoms with van der Waals surface area (Å²) >= 11 is 2.57. The fraction of sp³-hybridized carbons (Fsp3) is 0.231. The van der Waals surface area contributed by atoms with E-state index in [4.69, 9.17) is 4.52 Å². The van der Waals surface area contributed by atoms with Gasteiger partial charge in [0.25, 0.3) is 0 Å². The van der Waals surface area contributed by atoms with Gasteiger partial charge in [-0.3, -0.25) is 9.32 Å². The highest BCUT2D eigenvalue weighted by atomic mass is 32.2. The van der Waals surface area contributed by atoms with Gasteiger partial charge < -0.3 is 5.32 Å². The number of rotatable bonds is 6. The molecule has 176 valence electrons. The number of hydrogen-bond donors (Lipinski definition) is 2. The molecule has 0 fully saturated rings. The van der Waals surface area contributed by atoms with Crippen LogP contribution in [0.3, 0.4) is 0 Å². The van der Waals surface area contributed by atoms with Crippen LogP contribution in [0.4, 0.5) is 5.00 Å². The number of thiophene rings is 1. The summed E-state index contributed by atoms with van der Waals surface area (Å²) in [5.41, 5.74) is 4.20. The number of hydrogen-bond acceptors (Lipinski definition) is 6. The van der Waals surface area contributed by atoms with Gasteiger partial charge in [0.15, 0.2) is 0 Å². The molecule has 0 saturated heterocycles. The van der Waals surface area contributed by atoms with Crippen molar-refractivity contribution in [3.63, 3.8) is 0 Å². The Morgan fingerprint density at radius 1 is 1.26 bits per heavy atom. The molecule has 2 aromatic heterocycles. The smallest absolute Gasteiger partial charge is 0.316 e. The first-order chi connectivity index (χ1) is 17.0. The maximum atomic E-state index is 12.8. The summed E-state index contributed by atoms with van der Waals surface area (Å²) in [4.78, 5) is 26.2. The number of aromatic nitrogens is 2. The largest absolute Gasteiger partial charge is 0.442 e. The van der Waals surface area contributed by atoms with Gasteiger partial charge in [0.05, 0.1) is 11.3 Å². The third kappa shape index (κ3) is 4.81. The monoisotopic (exact) mass is 503 g/mol. The van der Waals surface area contributed by atoms with Crippen LogP contribution in [-0.2, 0) is 17.6 Å². The molecule has 1 aliphatic rings. The Labute approximate surface area is 210 Å². The molecule has 2 N–H and O–H groups in total. The van der Waals surface area contributed by atoms with Crippen molar-refractivity contribution in [3.8, 4) is 11.8 Å². The Balaban J connectivity index is 1.29. The highest BCUT2D eigenvalue weighted by Gasteiger charge is 2.28. The number of aryl methyl sites for hydroxylation is 1. The fourth-order valence-electron chi connectivity index (χ4n) is 4.35. The summed E-state index contributed by atoms with van der Waals surface area (Å²) in [6, 6.07) is 20.3.